The van der Waals surface area contributed by atoms with Gasteiger partial charge < -0.3 is 18.9 Å². The molecule has 188 valence electrons. The SMILES string of the molecule is CC(=O)OC[C@@]12CCC[C@]3([C@@H]4[C@@H](OC(C)=O)OC=C(C(=O)CCC(C)C)[C@H]4C[C@H]13)[C@@H]2OC(C)=O. The minimum absolute atomic E-state index is 0.0512. The van der Waals surface area contributed by atoms with E-state index < -0.39 is 35.2 Å². The van der Waals surface area contributed by atoms with E-state index in [1.807, 2.05) is 0 Å². The Bertz CT molecular complexity index is 906. The van der Waals surface area contributed by atoms with E-state index in [2.05, 4.69) is 13.8 Å². The monoisotopic (exact) mass is 476 g/mol. The molecule has 8 heteroatoms. The van der Waals surface area contributed by atoms with Crippen LogP contribution in [0.5, 0.6) is 0 Å². The number of allylic oxidation sites excluding steroid dienone is 1. The van der Waals surface area contributed by atoms with Gasteiger partial charge in [-0.3, -0.25) is 19.2 Å². The van der Waals surface area contributed by atoms with Crippen LogP contribution >= 0.6 is 0 Å². The molecular formula is C26H36O8. The molecule has 4 rings (SSSR count). The molecule has 2 bridgehead atoms. The van der Waals surface area contributed by atoms with Gasteiger partial charge in [0, 0.05) is 55.4 Å². The number of hydrogen-bond acceptors (Lipinski definition) is 8. The third-order valence-corrected chi connectivity index (χ3v) is 8.55. The quantitative estimate of drug-likeness (QED) is 0.386. The summed E-state index contributed by atoms with van der Waals surface area (Å²) in [6.45, 7) is 8.43. The van der Waals surface area contributed by atoms with Crippen molar-refractivity contribution < 1.29 is 38.1 Å². The van der Waals surface area contributed by atoms with Crippen molar-refractivity contribution in [3.8, 4) is 0 Å². The molecule has 1 aliphatic heterocycles. The maximum atomic E-state index is 13.2. The molecule has 0 N–H and O–H groups in total. The maximum absolute atomic E-state index is 13.2. The molecule has 0 unspecified atom stereocenters. The van der Waals surface area contributed by atoms with E-state index in [1.165, 1.54) is 27.0 Å². The lowest BCUT2D eigenvalue weighted by Gasteiger charge is -2.70. The van der Waals surface area contributed by atoms with Crippen LogP contribution < -0.4 is 0 Å². The lowest BCUT2D eigenvalue weighted by atomic mass is 9.36. The normalized spacial score (nSPS) is 37.4. The summed E-state index contributed by atoms with van der Waals surface area (Å²) < 4.78 is 23.0. The Kier molecular flexibility index (Phi) is 6.55. The van der Waals surface area contributed by atoms with Crippen LogP contribution in [0.25, 0.3) is 0 Å². The molecule has 0 aromatic heterocycles. The Balaban J connectivity index is 1.73. The van der Waals surface area contributed by atoms with E-state index in [-0.39, 0.29) is 36.1 Å². The average molecular weight is 477 g/mol. The van der Waals surface area contributed by atoms with Crippen molar-refractivity contribution in [2.24, 2.45) is 34.5 Å². The molecular weight excluding hydrogens is 440 g/mol. The van der Waals surface area contributed by atoms with Crippen LogP contribution in [0.4, 0.5) is 0 Å². The van der Waals surface area contributed by atoms with Crippen molar-refractivity contribution in [3.05, 3.63) is 11.8 Å². The predicted octanol–water partition coefficient (Wildman–Crippen LogP) is 3.71. The summed E-state index contributed by atoms with van der Waals surface area (Å²) in [5.41, 5.74) is -0.361. The van der Waals surface area contributed by atoms with Crippen molar-refractivity contribution in [1.29, 1.82) is 0 Å². The largest absolute Gasteiger partial charge is 0.465 e. The molecule has 0 radical (unpaired) electrons. The Hall–Kier alpha value is -2.38. The molecule has 3 aliphatic carbocycles. The standard InChI is InChI=1S/C26H36O8/c1-14(2)7-8-20(30)19-12-31-23(33-16(4)28)22-18(19)11-21-25(13-32-15(3)27)9-6-10-26(21,22)24(25)34-17(5)29/h12,14,18,21-24H,6-11,13H2,1-5H3/t18-,21-,22+,23-,24-,25+,26+/m1/s1. The van der Waals surface area contributed by atoms with Gasteiger partial charge in [0.15, 0.2) is 5.78 Å². The van der Waals surface area contributed by atoms with Crippen molar-refractivity contribution in [2.45, 2.75) is 85.5 Å². The van der Waals surface area contributed by atoms with Gasteiger partial charge in [0.2, 0.25) is 6.29 Å². The number of Topliss-reactive ketones (excluding diaryl/α,β-unsaturated/α-hetero) is 1. The highest BCUT2D eigenvalue weighted by Gasteiger charge is 2.82. The van der Waals surface area contributed by atoms with Crippen molar-refractivity contribution >= 4 is 23.7 Å². The van der Waals surface area contributed by atoms with Gasteiger partial charge in [0.1, 0.15) is 12.7 Å². The van der Waals surface area contributed by atoms with Gasteiger partial charge in [-0.1, -0.05) is 20.3 Å². The summed E-state index contributed by atoms with van der Waals surface area (Å²) in [6, 6.07) is 0. The second kappa shape index (κ2) is 9.00. The van der Waals surface area contributed by atoms with Gasteiger partial charge >= 0.3 is 17.9 Å². The van der Waals surface area contributed by atoms with Crippen LogP contribution in [0, 0.1) is 34.5 Å². The third-order valence-electron chi connectivity index (χ3n) is 8.55. The summed E-state index contributed by atoms with van der Waals surface area (Å²) in [5.74, 6) is -1.19. The number of esters is 3. The van der Waals surface area contributed by atoms with Gasteiger partial charge in [-0.25, -0.2) is 0 Å². The first-order chi connectivity index (χ1) is 16.0. The van der Waals surface area contributed by atoms with E-state index in [0.717, 1.165) is 25.7 Å². The molecule has 3 fully saturated rings. The molecule has 0 amide bonds. The molecule has 4 aliphatic rings. The van der Waals surface area contributed by atoms with Gasteiger partial charge in [0.05, 0.1) is 6.26 Å². The zero-order valence-electron chi connectivity index (χ0n) is 20.8. The highest BCUT2D eigenvalue weighted by Crippen LogP contribution is 2.79. The fraction of sp³-hybridized carbons (Fsp3) is 0.769. The third kappa shape index (κ3) is 3.83. The smallest absolute Gasteiger partial charge is 0.305 e. The fourth-order valence-electron chi connectivity index (χ4n) is 7.53. The lowest BCUT2D eigenvalue weighted by Crippen LogP contribution is -2.74. The first-order valence-electron chi connectivity index (χ1n) is 12.4. The molecule has 0 aromatic rings. The highest BCUT2D eigenvalue weighted by molar-refractivity contribution is 5.96. The second-order valence-electron chi connectivity index (χ2n) is 10.9. The van der Waals surface area contributed by atoms with Crippen LogP contribution in [-0.2, 0) is 38.1 Å². The van der Waals surface area contributed by atoms with Crippen molar-refractivity contribution in [3.63, 3.8) is 0 Å². The molecule has 0 saturated heterocycles. The van der Waals surface area contributed by atoms with Gasteiger partial charge in [-0.2, -0.15) is 0 Å². The fourth-order valence-corrected chi connectivity index (χ4v) is 7.53. The van der Waals surface area contributed by atoms with Gasteiger partial charge in [0.25, 0.3) is 0 Å². The second-order valence-corrected chi connectivity index (χ2v) is 10.9. The zero-order valence-corrected chi connectivity index (χ0v) is 20.8. The summed E-state index contributed by atoms with van der Waals surface area (Å²) in [5, 5.41) is 0. The van der Waals surface area contributed by atoms with E-state index >= 15 is 0 Å². The number of rotatable bonds is 8. The van der Waals surface area contributed by atoms with Gasteiger partial charge in [-0.05, 0) is 37.5 Å². The zero-order chi connectivity index (χ0) is 24.8. The Labute approximate surface area is 200 Å². The Morgan fingerprint density at radius 3 is 2.38 bits per heavy atom. The number of carbonyl (C=O) groups excluding carboxylic acids is 4. The van der Waals surface area contributed by atoms with Gasteiger partial charge in [-0.15, -0.1) is 0 Å². The Morgan fingerprint density at radius 1 is 1.06 bits per heavy atom. The number of carbonyl (C=O) groups is 4. The summed E-state index contributed by atoms with van der Waals surface area (Å²) in [7, 11) is 0. The Morgan fingerprint density at radius 2 is 1.76 bits per heavy atom. The molecule has 34 heavy (non-hydrogen) atoms. The molecule has 1 heterocycles. The molecule has 7 atom stereocenters. The van der Waals surface area contributed by atoms with E-state index in [0.29, 0.717) is 24.3 Å². The topological polar surface area (TPSA) is 105 Å². The highest BCUT2D eigenvalue weighted by atomic mass is 16.7. The van der Waals surface area contributed by atoms with Crippen LogP contribution in [0.2, 0.25) is 0 Å². The summed E-state index contributed by atoms with van der Waals surface area (Å²) in [6.07, 6.45) is 4.45. The van der Waals surface area contributed by atoms with E-state index in [9.17, 15) is 19.2 Å². The number of ether oxygens (including phenoxy) is 4. The number of hydrogen-bond donors (Lipinski definition) is 0. The van der Waals surface area contributed by atoms with E-state index in [4.69, 9.17) is 18.9 Å². The first kappa shape index (κ1) is 24.7. The predicted molar refractivity (Wildman–Crippen MR) is 120 cm³/mol. The molecule has 3 saturated carbocycles. The van der Waals surface area contributed by atoms with Crippen LogP contribution in [0.1, 0.15) is 73.1 Å². The maximum Gasteiger partial charge on any atom is 0.305 e. The number of fused-ring (bicyclic) bond motifs is 1. The minimum atomic E-state index is -0.850. The average Bonchev–Trinajstić information content (AvgIpc) is 3.08. The summed E-state index contributed by atoms with van der Waals surface area (Å²) >= 11 is 0. The minimum Gasteiger partial charge on any atom is -0.465 e. The summed E-state index contributed by atoms with van der Waals surface area (Å²) in [4.78, 5) is 49.0. The van der Waals surface area contributed by atoms with Crippen molar-refractivity contribution in [2.75, 3.05) is 6.61 Å². The van der Waals surface area contributed by atoms with E-state index in [1.54, 1.807) is 0 Å². The van der Waals surface area contributed by atoms with Crippen molar-refractivity contribution in [1.82, 2.24) is 0 Å². The molecule has 0 spiro atoms. The first-order valence-corrected chi connectivity index (χ1v) is 12.4. The van der Waals surface area contributed by atoms with Crippen LogP contribution in [0.3, 0.4) is 0 Å². The number of ketones is 1. The lowest BCUT2D eigenvalue weighted by molar-refractivity contribution is -0.315. The van der Waals surface area contributed by atoms with Crippen LogP contribution in [-0.4, -0.2) is 42.7 Å². The molecule has 0 aromatic carbocycles. The van der Waals surface area contributed by atoms with Crippen LogP contribution in [0.15, 0.2) is 11.8 Å². The molecule has 8 nitrogen and oxygen atoms in total.